The van der Waals surface area contributed by atoms with E-state index in [2.05, 4.69) is 20.5 Å². The highest BCUT2D eigenvalue weighted by molar-refractivity contribution is 5.80. The van der Waals surface area contributed by atoms with Gasteiger partial charge in [0.25, 0.3) is 0 Å². The number of aromatic nitrogens is 1. The summed E-state index contributed by atoms with van der Waals surface area (Å²) in [5.74, 6) is 0.978. The molecule has 0 aliphatic carbocycles. The van der Waals surface area contributed by atoms with Crippen molar-refractivity contribution in [2.75, 3.05) is 26.2 Å². The summed E-state index contributed by atoms with van der Waals surface area (Å²) in [4.78, 5) is 23.4. The highest BCUT2D eigenvalue weighted by Crippen LogP contribution is 2.19. The van der Waals surface area contributed by atoms with Gasteiger partial charge in [0.2, 0.25) is 5.89 Å². The number of amides is 1. The van der Waals surface area contributed by atoms with Crippen LogP contribution in [0.4, 0.5) is 9.18 Å². The molecule has 2 heterocycles. The van der Waals surface area contributed by atoms with Crippen molar-refractivity contribution in [1.82, 2.24) is 20.5 Å². The summed E-state index contributed by atoms with van der Waals surface area (Å²) in [6.07, 6.45) is 2.66. The van der Waals surface area contributed by atoms with Crippen molar-refractivity contribution >= 4 is 12.1 Å². The van der Waals surface area contributed by atoms with E-state index in [9.17, 15) is 9.18 Å². The van der Waals surface area contributed by atoms with Crippen LogP contribution in [0.2, 0.25) is 0 Å². The molecule has 3 rings (SSSR count). The van der Waals surface area contributed by atoms with Crippen LogP contribution in [0.3, 0.4) is 0 Å². The number of alkyl carbamates (subject to hydrolysis) is 1. The number of hydrogen-bond acceptors (Lipinski definition) is 5. The van der Waals surface area contributed by atoms with E-state index in [0.29, 0.717) is 25.4 Å². The van der Waals surface area contributed by atoms with Gasteiger partial charge in [0.15, 0.2) is 5.96 Å². The average molecular weight is 446 g/mol. The Balaban J connectivity index is 1.53. The Hall–Kier alpha value is -3.10. The predicted octanol–water partition coefficient (Wildman–Crippen LogP) is 3.59. The van der Waals surface area contributed by atoms with Gasteiger partial charge in [-0.15, -0.1) is 0 Å². The van der Waals surface area contributed by atoms with Gasteiger partial charge in [-0.2, -0.15) is 0 Å². The first-order valence-corrected chi connectivity index (χ1v) is 11.0. The van der Waals surface area contributed by atoms with Gasteiger partial charge in [-0.3, -0.25) is 4.99 Å². The Morgan fingerprint density at radius 2 is 2.09 bits per heavy atom. The molecule has 9 heteroatoms. The van der Waals surface area contributed by atoms with E-state index in [1.165, 1.54) is 12.1 Å². The van der Waals surface area contributed by atoms with Crippen molar-refractivity contribution in [1.29, 1.82) is 0 Å². The number of nitrogens with zero attached hydrogens (tertiary/aromatic N) is 3. The summed E-state index contributed by atoms with van der Waals surface area (Å²) in [6, 6.07) is 6.06. The average Bonchev–Trinajstić information content (AvgIpc) is 3.36. The minimum atomic E-state index is -0.517. The minimum Gasteiger partial charge on any atom is -0.444 e. The van der Waals surface area contributed by atoms with Crippen molar-refractivity contribution in [2.24, 2.45) is 4.99 Å². The molecule has 2 N–H and O–H groups in total. The SMILES string of the molecule is CCNC(=NCCc1coc(-c2ccc(F)cc2)n1)N1CCC(NC(=O)OC(C)(C)C)C1. The lowest BCUT2D eigenvalue weighted by molar-refractivity contribution is 0.0507. The number of nitrogens with one attached hydrogen (secondary N) is 2. The fourth-order valence-electron chi connectivity index (χ4n) is 3.39. The molecule has 2 aromatic rings. The Bertz CT molecular complexity index is 920. The highest BCUT2D eigenvalue weighted by atomic mass is 19.1. The lowest BCUT2D eigenvalue weighted by Crippen LogP contribution is -2.44. The van der Waals surface area contributed by atoms with Gasteiger partial charge in [-0.05, 0) is 58.4 Å². The zero-order chi connectivity index (χ0) is 23.1. The van der Waals surface area contributed by atoms with Crippen LogP contribution in [0.1, 0.15) is 39.8 Å². The molecule has 1 aromatic carbocycles. The van der Waals surface area contributed by atoms with E-state index in [0.717, 1.165) is 36.7 Å². The highest BCUT2D eigenvalue weighted by Gasteiger charge is 2.27. The molecule has 0 radical (unpaired) electrons. The van der Waals surface area contributed by atoms with Gasteiger partial charge >= 0.3 is 6.09 Å². The first-order chi connectivity index (χ1) is 15.2. The van der Waals surface area contributed by atoms with Gasteiger partial charge in [0.1, 0.15) is 17.7 Å². The van der Waals surface area contributed by atoms with E-state index in [-0.39, 0.29) is 11.9 Å². The normalized spacial score (nSPS) is 16.8. The molecular formula is C23H32FN5O3. The van der Waals surface area contributed by atoms with Crippen molar-refractivity contribution < 1.29 is 18.3 Å². The van der Waals surface area contributed by atoms with Crippen LogP contribution in [0.25, 0.3) is 11.5 Å². The molecular weight excluding hydrogens is 413 g/mol. The fourth-order valence-corrected chi connectivity index (χ4v) is 3.39. The van der Waals surface area contributed by atoms with Crippen LogP contribution in [0.15, 0.2) is 39.9 Å². The van der Waals surface area contributed by atoms with Crippen molar-refractivity contribution in [3.63, 3.8) is 0 Å². The number of guanidine groups is 1. The van der Waals surface area contributed by atoms with E-state index >= 15 is 0 Å². The van der Waals surface area contributed by atoms with Crippen LogP contribution in [-0.4, -0.2) is 59.8 Å². The number of hydrogen-bond donors (Lipinski definition) is 2. The Kier molecular flexibility index (Phi) is 7.71. The smallest absolute Gasteiger partial charge is 0.407 e. The van der Waals surface area contributed by atoms with Crippen molar-refractivity contribution in [3.05, 3.63) is 42.0 Å². The summed E-state index contributed by atoms with van der Waals surface area (Å²) in [7, 11) is 0. The largest absolute Gasteiger partial charge is 0.444 e. The molecule has 32 heavy (non-hydrogen) atoms. The summed E-state index contributed by atoms with van der Waals surface area (Å²) >= 11 is 0. The van der Waals surface area contributed by atoms with Crippen molar-refractivity contribution in [3.8, 4) is 11.5 Å². The molecule has 1 aromatic heterocycles. The van der Waals surface area contributed by atoms with Gasteiger partial charge in [-0.1, -0.05) is 0 Å². The molecule has 0 spiro atoms. The third-order valence-electron chi connectivity index (χ3n) is 4.82. The minimum absolute atomic E-state index is 0.0162. The van der Waals surface area contributed by atoms with Gasteiger partial charge in [-0.25, -0.2) is 14.2 Å². The Morgan fingerprint density at radius 1 is 1.34 bits per heavy atom. The molecule has 1 amide bonds. The van der Waals surface area contributed by atoms with E-state index < -0.39 is 11.7 Å². The molecule has 1 aliphatic heterocycles. The number of halogens is 1. The van der Waals surface area contributed by atoms with Crippen LogP contribution >= 0.6 is 0 Å². The molecule has 1 atom stereocenters. The number of carbonyl (C=O) groups excluding carboxylic acids is 1. The number of benzene rings is 1. The van der Waals surface area contributed by atoms with Gasteiger partial charge < -0.3 is 24.7 Å². The van der Waals surface area contributed by atoms with E-state index in [4.69, 9.17) is 14.1 Å². The molecule has 1 fully saturated rings. The third-order valence-corrected chi connectivity index (χ3v) is 4.82. The maximum atomic E-state index is 13.1. The number of rotatable bonds is 6. The summed E-state index contributed by atoms with van der Waals surface area (Å²) in [5.41, 5.74) is 1.00. The Labute approximate surface area is 188 Å². The summed E-state index contributed by atoms with van der Waals surface area (Å²) in [5, 5.41) is 6.25. The zero-order valence-corrected chi connectivity index (χ0v) is 19.2. The quantitative estimate of drug-likeness (QED) is 0.522. The number of ether oxygens (including phenoxy) is 1. The number of carbonyl (C=O) groups is 1. The Morgan fingerprint density at radius 3 is 2.78 bits per heavy atom. The monoisotopic (exact) mass is 445 g/mol. The third kappa shape index (κ3) is 6.96. The predicted molar refractivity (Wildman–Crippen MR) is 121 cm³/mol. The topological polar surface area (TPSA) is 92.0 Å². The standard InChI is InChI=1S/C23H32FN5O3/c1-5-25-21(29-13-11-18(14-29)28-22(30)32-23(2,3)4)26-12-10-19-15-31-20(27-19)16-6-8-17(24)9-7-16/h6-9,15,18H,5,10-14H2,1-4H3,(H,25,26)(H,28,30). The number of oxazole rings is 1. The summed E-state index contributed by atoms with van der Waals surface area (Å²) < 4.78 is 24.0. The van der Waals surface area contributed by atoms with Crippen LogP contribution in [-0.2, 0) is 11.2 Å². The number of likely N-dealkylation sites (tertiary alicyclic amines) is 1. The molecule has 1 unspecified atom stereocenters. The maximum Gasteiger partial charge on any atom is 0.407 e. The lowest BCUT2D eigenvalue weighted by atomic mass is 10.2. The van der Waals surface area contributed by atoms with Gasteiger partial charge in [0.05, 0.1) is 11.7 Å². The molecule has 1 aliphatic rings. The summed E-state index contributed by atoms with van der Waals surface area (Å²) in [6.45, 7) is 10.3. The second-order valence-corrected chi connectivity index (χ2v) is 8.71. The first-order valence-electron chi connectivity index (χ1n) is 11.0. The van der Waals surface area contributed by atoms with Crippen LogP contribution in [0, 0.1) is 5.82 Å². The van der Waals surface area contributed by atoms with Crippen molar-refractivity contribution in [2.45, 2.75) is 52.2 Å². The maximum absolute atomic E-state index is 13.1. The molecule has 0 saturated carbocycles. The molecule has 8 nitrogen and oxygen atoms in total. The van der Waals surface area contributed by atoms with Crippen LogP contribution in [0.5, 0.6) is 0 Å². The van der Waals surface area contributed by atoms with Gasteiger partial charge in [0, 0.05) is 38.2 Å². The lowest BCUT2D eigenvalue weighted by Gasteiger charge is -2.23. The second kappa shape index (κ2) is 10.5. The second-order valence-electron chi connectivity index (χ2n) is 8.71. The fraction of sp³-hybridized carbons (Fsp3) is 0.522. The molecule has 0 bridgehead atoms. The molecule has 1 saturated heterocycles. The molecule has 174 valence electrons. The zero-order valence-electron chi connectivity index (χ0n) is 19.2. The number of aliphatic imine (C=N–C) groups is 1. The van der Waals surface area contributed by atoms with Crippen LogP contribution < -0.4 is 10.6 Å². The first kappa shape index (κ1) is 23.6. The van der Waals surface area contributed by atoms with E-state index in [1.54, 1.807) is 18.4 Å². The van der Waals surface area contributed by atoms with E-state index in [1.807, 2.05) is 27.7 Å².